The van der Waals surface area contributed by atoms with Crippen molar-refractivity contribution in [2.24, 2.45) is 11.1 Å². The maximum absolute atomic E-state index is 11.6. The molecule has 1 aliphatic carbocycles. The number of sulfonamides is 1. The van der Waals surface area contributed by atoms with Crippen molar-refractivity contribution < 1.29 is 13.2 Å². The van der Waals surface area contributed by atoms with Gasteiger partial charge in [0.25, 0.3) is 0 Å². The molecule has 0 amide bonds. The first-order valence-electron chi connectivity index (χ1n) is 7.09. The lowest BCUT2D eigenvalue weighted by Crippen LogP contribution is -2.15. The number of nitrogens with two attached hydrogens (primary N) is 1. The van der Waals surface area contributed by atoms with Crippen LogP contribution in [-0.2, 0) is 10.0 Å². The van der Waals surface area contributed by atoms with E-state index >= 15 is 0 Å². The van der Waals surface area contributed by atoms with Gasteiger partial charge in [-0.25, -0.2) is 13.6 Å². The van der Waals surface area contributed by atoms with Gasteiger partial charge in [0.05, 0.1) is 11.5 Å². The Morgan fingerprint density at radius 2 is 2.00 bits per heavy atom. The molecule has 5 heteroatoms. The Hall–Kier alpha value is -1.07. The third-order valence-electron chi connectivity index (χ3n) is 3.72. The summed E-state index contributed by atoms with van der Waals surface area (Å²) < 4.78 is 29.0. The molecule has 0 radical (unpaired) electrons. The van der Waals surface area contributed by atoms with Crippen LogP contribution in [0.5, 0.6) is 5.75 Å². The van der Waals surface area contributed by atoms with Gasteiger partial charge in [-0.1, -0.05) is 26.7 Å². The molecule has 20 heavy (non-hydrogen) atoms. The fraction of sp³-hybridized carbons (Fsp3) is 0.600. The van der Waals surface area contributed by atoms with Crippen LogP contribution in [0.4, 0.5) is 0 Å². The van der Waals surface area contributed by atoms with Crippen LogP contribution in [0.15, 0.2) is 17.0 Å². The predicted octanol–water partition coefficient (Wildman–Crippen LogP) is 2.94. The lowest BCUT2D eigenvalue weighted by Gasteiger charge is -2.17. The van der Waals surface area contributed by atoms with Gasteiger partial charge in [-0.05, 0) is 48.4 Å². The lowest BCUT2D eigenvalue weighted by atomic mass is 10.0. The van der Waals surface area contributed by atoms with Crippen molar-refractivity contribution in [1.29, 1.82) is 0 Å². The highest BCUT2D eigenvalue weighted by Gasteiger charge is 2.22. The minimum Gasteiger partial charge on any atom is -0.493 e. The second kappa shape index (κ2) is 5.74. The first kappa shape index (κ1) is 15.3. The molecular weight excluding hydrogens is 274 g/mol. The average Bonchev–Trinajstić information content (AvgIpc) is 3.11. The van der Waals surface area contributed by atoms with Crippen molar-refractivity contribution in [2.75, 3.05) is 6.61 Å². The van der Waals surface area contributed by atoms with E-state index in [1.54, 1.807) is 19.1 Å². The zero-order valence-electron chi connectivity index (χ0n) is 12.3. The second-order valence-electron chi connectivity index (χ2n) is 5.94. The van der Waals surface area contributed by atoms with Gasteiger partial charge in [0.2, 0.25) is 10.0 Å². The normalized spacial score (nSPS) is 15.7. The maximum atomic E-state index is 11.6. The van der Waals surface area contributed by atoms with Gasteiger partial charge >= 0.3 is 0 Å². The summed E-state index contributed by atoms with van der Waals surface area (Å²) in [6, 6.07) is 3.45. The Morgan fingerprint density at radius 1 is 1.35 bits per heavy atom. The highest BCUT2D eigenvalue weighted by atomic mass is 32.2. The van der Waals surface area contributed by atoms with Crippen molar-refractivity contribution in [3.63, 3.8) is 0 Å². The van der Waals surface area contributed by atoms with Crippen LogP contribution < -0.4 is 9.88 Å². The number of benzene rings is 1. The van der Waals surface area contributed by atoms with Crippen LogP contribution >= 0.6 is 0 Å². The zero-order chi connectivity index (χ0) is 14.9. The number of ether oxygens (including phenoxy) is 1. The summed E-state index contributed by atoms with van der Waals surface area (Å²) in [6.45, 7) is 6.48. The van der Waals surface area contributed by atoms with E-state index in [0.717, 1.165) is 23.7 Å². The third-order valence-corrected chi connectivity index (χ3v) is 4.77. The summed E-state index contributed by atoms with van der Waals surface area (Å²) in [6.07, 6.45) is 3.70. The Kier molecular flexibility index (Phi) is 4.39. The molecule has 1 saturated carbocycles. The summed E-state index contributed by atoms with van der Waals surface area (Å²) in [5.41, 5.74) is 1.54. The van der Waals surface area contributed by atoms with Crippen LogP contribution in [0.1, 0.15) is 50.2 Å². The number of primary sulfonamides is 1. The number of hydrogen-bond donors (Lipinski definition) is 1. The monoisotopic (exact) mass is 297 g/mol. The van der Waals surface area contributed by atoms with Crippen LogP contribution in [0.25, 0.3) is 0 Å². The molecule has 4 nitrogen and oxygen atoms in total. The molecule has 0 spiro atoms. The van der Waals surface area contributed by atoms with Crippen LogP contribution in [-0.4, -0.2) is 15.0 Å². The molecule has 0 aliphatic heterocycles. The van der Waals surface area contributed by atoms with Gasteiger partial charge in [-0.15, -0.1) is 0 Å². The summed E-state index contributed by atoms with van der Waals surface area (Å²) in [4.78, 5) is 0.191. The zero-order valence-corrected chi connectivity index (χ0v) is 13.2. The molecule has 0 atom stereocenters. The topological polar surface area (TPSA) is 69.4 Å². The molecule has 0 bridgehead atoms. The largest absolute Gasteiger partial charge is 0.493 e. The van der Waals surface area contributed by atoms with Gasteiger partial charge in [0.15, 0.2) is 0 Å². The smallest absolute Gasteiger partial charge is 0.238 e. The van der Waals surface area contributed by atoms with Gasteiger partial charge < -0.3 is 4.74 Å². The standard InChI is InChI=1S/C15H23NO3S/c1-10(2)13-9-15(20(16,17)18)11(3)8-14(13)19-7-6-12-4-5-12/h8-10,12H,4-7H2,1-3H3,(H2,16,17,18). The molecule has 2 rings (SSSR count). The maximum Gasteiger partial charge on any atom is 0.238 e. The van der Waals surface area contributed by atoms with E-state index in [2.05, 4.69) is 0 Å². The quantitative estimate of drug-likeness (QED) is 0.877. The SMILES string of the molecule is Cc1cc(OCCC2CC2)c(C(C)C)cc1S(N)(=O)=O. The highest BCUT2D eigenvalue weighted by Crippen LogP contribution is 2.34. The van der Waals surface area contributed by atoms with Gasteiger partial charge in [0.1, 0.15) is 5.75 Å². The van der Waals surface area contributed by atoms with Gasteiger partial charge in [-0.2, -0.15) is 0 Å². The number of rotatable bonds is 6. The molecule has 1 aromatic rings. The number of hydrogen-bond acceptors (Lipinski definition) is 3. The third kappa shape index (κ3) is 3.73. The molecule has 0 heterocycles. The molecule has 2 N–H and O–H groups in total. The van der Waals surface area contributed by atoms with E-state index < -0.39 is 10.0 Å². The van der Waals surface area contributed by atoms with Gasteiger partial charge in [0, 0.05) is 0 Å². The van der Waals surface area contributed by atoms with Crippen LogP contribution in [0.2, 0.25) is 0 Å². The summed E-state index contributed by atoms with van der Waals surface area (Å²) >= 11 is 0. The molecule has 0 saturated heterocycles. The minimum absolute atomic E-state index is 0.187. The van der Waals surface area contributed by atoms with E-state index in [4.69, 9.17) is 9.88 Å². The van der Waals surface area contributed by atoms with Crippen LogP contribution in [0, 0.1) is 12.8 Å². The van der Waals surface area contributed by atoms with E-state index in [9.17, 15) is 8.42 Å². The Balaban J connectivity index is 2.27. The van der Waals surface area contributed by atoms with Crippen molar-refractivity contribution in [1.82, 2.24) is 0 Å². The molecule has 1 aliphatic rings. The Labute approximate surface area is 121 Å². The van der Waals surface area contributed by atoms with Gasteiger partial charge in [-0.3, -0.25) is 0 Å². The first-order chi connectivity index (χ1) is 9.29. The van der Waals surface area contributed by atoms with E-state index in [-0.39, 0.29) is 10.8 Å². The molecule has 112 valence electrons. The highest BCUT2D eigenvalue weighted by molar-refractivity contribution is 7.89. The minimum atomic E-state index is -3.69. The summed E-state index contributed by atoms with van der Waals surface area (Å²) in [5, 5.41) is 5.26. The van der Waals surface area contributed by atoms with Crippen LogP contribution in [0.3, 0.4) is 0 Å². The van der Waals surface area contributed by atoms with E-state index in [1.807, 2.05) is 13.8 Å². The predicted molar refractivity (Wildman–Crippen MR) is 79.5 cm³/mol. The molecule has 0 unspecified atom stereocenters. The molecule has 0 aromatic heterocycles. The van der Waals surface area contributed by atoms with Crippen molar-refractivity contribution in [3.8, 4) is 5.75 Å². The lowest BCUT2D eigenvalue weighted by molar-refractivity contribution is 0.298. The van der Waals surface area contributed by atoms with Crippen molar-refractivity contribution in [2.45, 2.75) is 50.8 Å². The molecule has 1 fully saturated rings. The first-order valence-corrected chi connectivity index (χ1v) is 8.64. The summed E-state index contributed by atoms with van der Waals surface area (Å²) in [5.74, 6) is 1.79. The fourth-order valence-electron chi connectivity index (χ4n) is 2.30. The molecule has 1 aromatic carbocycles. The van der Waals surface area contributed by atoms with Crippen molar-refractivity contribution in [3.05, 3.63) is 23.3 Å². The fourth-order valence-corrected chi connectivity index (χ4v) is 3.10. The van der Waals surface area contributed by atoms with E-state index in [1.165, 1.54) is 12.8 Å². The molecular formula is C15H23NO3S. The summed E-state index contributed by atoms with van der Waals surface area (Å²) in [7, 11) is -3.69. The van der Waals surface area contributed by atoms with Crippen molar-refractivity contribution >= 4 is 10.0 Å². The Bertz CT molecular complexity index is 589. The second-order valence-corrected chi connectivity index (χ2v) is 7.47. The number of aryl methyl sites for hydroxylation is 1. The van der Waals surface area contributed by atoms with E-state index in [0.29, 0.717) is 12.2 Å². The average molecular weight is 297 g/mol. The Morgan fingerprint density at radius 3 is 2.50 bits per heavy atom.